The van der Waals surface area contributed by atoms with Gasteiger partial charge in [0.25, 0.3) is 0 Å². The molecule has 2 aliphatic heterocycles. The van der Waals surface area contributed by atoms with Gasteiger partial charge in [0.1, 0.15) is 0 Å². The van der Waals surface area contributed by atoms with Crippen LogP contribution >= 0.6 is 0 Å². The van der Waals surface area contributed by atoms with E-state index in [1.54, 1.807) is 9.80 Å². The van der Waals surface area contributed by atoms with Gasteiger partial charge < -0.3 is 20.0 Å². The SMILES string of the molecule is O=C1CCCCCN1CC(=O)N1C[C@@H](O)[C@@]2(C1)[C@H](CO)[C@H]2c1ccccc1. The first-order valence-corrected chi connectivity index (χ1v) is 9.97. The van der Waals surface area contributed by atoms with Crippen molar-refractivity contribution in [1.82, 2.24) is 9.80 Å². The third-order valence-electron chi connectivity index (χ3n) is 6.75. The highest BCUT2D eigenvalue weighted by atomic mass is 16.3. The first-order chi connectivity index (χ1) is 13.1. The van der Waals surface area contributed by atoms with Crippen LogP contribution in [0, 0.1) is 11.3 Å². The van der Waals surface area contributed by atoms with Crippen molar-refractivity contribution in [3.63, 3.8) is 0 Å². The zero-order valence-corrected chi connectivity index (χ0v) is 15.6. The van der Waals surface area contributed by atoms with E-state index >= 15 is 0 Å². The Bertz CT molecular complexity index is 709. The average Bonchev–Trinajstić information content (AvgIpc) is 3.27. The predicted molar refractivity (Wildman–Crippen MR) is 99.8 cm³/mol. The molecule has 0 aromatic heterocycles. The van der Waals surface area contributed by atoms with E-state index in [0.717, 1.165) is 24.8 Å². The number of hydrogen-bond donors (Lipinski definition) is 2. The fourth-order valence-electron chi connectivity index (χ4n) is 5.23. The molecule has 1 aromatic rings. The Labute approximate surface area is 159 Å². The molecule has 0 radical (unpaired) electrons. The van der Waals surface area contributed by atoms with Gasteiger partial charge in [0.15, 0.2) is 0 Å². The molecular weight excluding hydrogens is 344 g/mol. The standard InChI is InChI=1S/C21H28N2O4/c24-13-16-20(15-7-3-1-4-8-15)21(16)14-23(11-17(21)25)19(27)12-22-10-6-2-5-9-18(22)26/h1,3-4,7-8,16-17,20,24-25H,2,5-6,9-14H2/t16-,17-,20-,21-/m1/s1. The average molecular weight is 372 g/mol. The Kier molecular flexibility index (Phi) is 4.95. The molecule has 2 saturated heterocycles. The van der Waals surface area contributed by atoms with Crippen LogP contribution in [-0.4, -0.2) is 70.7 Å². The number of nitrogens with zero attached hydrogens (tertiary/aromatic N) is 2. The molecule has 4 atom stereocenters. The number of β-amino-alcohol motifs (C(OH)–C–C–N with tert-alkyl or cyclic N) is 1. The van der Waals surface area contributed by atoms with Crippen molar-refractivity contribution < 1.29 is 19.8 Å². The summed E-state index contributed by atoms with van der Waals surface area (Å²) in [5.74, 6) is -0.0162. The van der Waals surface area contributed by atoms with Crippen molar-refractivity contribution in [2.75, 3.05) is 32.8 Å². The maximum atomic E-state index is 12.8. The highest BCUT2D eigenvalue weighted by molar-refractivity contribution is 5.85. The van der Waals surface area contributed by atoms with Crippen molar-refractivity contribution in [2.24, 2.45) is 11.3 Å². The van der Waals surface area contributed by atoms with E-state index in [2.05, 4.69) is 0 Å². The summed E-state index contributed by atoms with van der Waals surface area (Å²) in [5, 5.41) is 20.7. The quantitative estimate of drug-likeness (QED) is 0.826. The first-order valence-electron chi connectivity index (χ1n) is 9.97. The second-order valence-corrected chi connectivity index (χ2v) is 8.21. The maximum absolute atomic E-state index is 12.8. The van der Waals surface area contributed by atoms with E-state index in [1.807, 2.05) is 30.3 Å². The molecule has 27 heavy (non-hydrogen) atoms. The molecule has 1 spiro atoms. The van der Waals surface area contributed by atoms with Crippen LogP contribution in [0.4, 0.5) is 0 Å². The number of hydrogen-bond acceptors (Lipinski definition) is 4. The second-order valence-electron chi connectivity index (χ2n) is 8.21. The molecule has 2 N–H and O–H groups in total. The van der Waals surface area contributed by atoms with Gasteiger partial charge in [-0.15, -0.1) is 0 Å². The number of likely N-dealkylation sites (tertiary alicyclic amines) is 2. The van der Waals surface area contributed by atoms with Gasteiger partial charge in [-0.1, -0.05) is 36.8 Å². The number of amides is 2. The van der Waals surface area contributed by atoms with Crippen molar-refractivity contribution >= 4 is 11.8 Å². The molecule has 3 aliphatic rings. The summed E-state index contributed by atoms with van der Waals surface area (Å²) in [6.07, 6.45) is 2.73. The van der Waals surface area contributed by atoms with E-state index in [9.17, 15) is 19.8 Å². The Morgan fingerprint density at radius 3 is 2.70 bits per heavy atom. The molecule has 0 bridgehead atoms. The van der Waals surface area contributed by atoms with Crippen molar-refractivity contribution in [1.29, 1.82) is 0 Å². The minimum Gasteiger partial charge on any atom is -0.396 e. The lowest BCUT2D eigenvalue weighted by molar-refractivity contribution is -0.139. The van der Waals surface area contributed by atoms with E-state index in [1.165, 1.54) is 0 Å². The highest BCUT2D eigenvalue weighted by Gasteiger charge is 2.71. The topological polar surface area (TPSA) is 81.1 Å². The summed E-state index contributed by atoms with van der Waals surface area (Å²) in [5.41, 5.74) is 0.641. The van der Waals surface area contributed by atoms with E-state index < -0.39 is 11.5 Å². The highest BCUT2D eigenvalue weighted by Crippen LogP contribution is 2.68. The monoisotopic (exact) mass is 372 g/mol. The van der Waals surface area contributed by atoms with Crippen molar-refractivity contribution in [2.45, 2.75) is 37.7 Å². The molecule has 1 aliphatic carbocycles. The Morgan fingerprint density at radius 2 is 1.96 bits per heavy atom. The lowest BCUT2D eigenvalue weighted by atomic mass is 9.95. The molecule has 6 heteroatoms. The van der Waals surface area contributed by atoms with Crippen molar-refractivity contribution in [3.05, 3.63) is 35.9 Å². The van der Waals surface area contributed by atoms with Crippen molar-refractivity contribution in [3.8, 4) is 0 Å². The molecule has 0 unspecified atom stereocenters. The van der Waals surface area contributed by atoms with E-state index in [-0.39, 0.29) is 43.3 Å². The minimum absolute atomic E-state index is 0.00324. The maximum Gasteiger partial charge on any atom is 0.242 e. The Morgan fingerprint density at radius 1 is 1.19 bits per heavy atom. The number of carbonyl (C=O) groups is 2. The van der Waals surface area contributed by atoms with Crippen LogP contribution in [0.5, 0.6) is 0 Å². The van der Waals surface area contributed by atoms with Crippen LogP contribution in [0.2, 0.25) is 0 Å². The molecule has 146 valence electrons. The Balaban J connectivity index is 1.46. The third kappa shape index (κ3) is 3.15. The van der Waals surface area contributed by atoms with Crippen LogP contribution < -0.4 is 0 Å². The lowest BCUT2D eigenvalue weighted by Gasteiger charge is -2.24. The van der Waals surface area contributed by atoms with Crippen LogP contribution in [-0.2, 0) is 9.59 Å². The minimum atomic E-state index is -0.649. The molecule has 6 nitrogen and oxygen atoms in total. The smallest absolute Gasteiger partial charge is 0.242 e. The fourth-order valence-corrected chi connectivity index (χ4v) is 5.23. The number of aliphatic hydroxyl groups is 2. The lowest BCUT2D eigenvalue weighted by Crippen LogP contribution is -2.42. The van der Waals surface area contributed by atoms with Gasteiger partial charge in [-0.25, -0.2) is 0 Å². The summed E-state index contributed by atoms with van der Waals surface area (Å²) < 4.78 is 0. The third-order valence-corrected chi connectivity index (χ3v) is 6.75. The van der Waals surface area contributed by atoms with Crippen LogP contribution in [0.1, 0.15) is 37.2 Å². The summed E-state index contributed by atoms with van der Waals surface area (Å²) in [6.45, 7) is 1.46. The number of carbonyl (C=O) groups excluding carboxylic acids is 2. The molecule has 1 aromatic carbocycles. The molecule has 3 fully saturated rings. The number of aliphatic hydroxyl groups excluding tert-OH is 2. The van der Waals surface area contributed by atoms with Gasteiger partial charge in [0.05, 0.1) is 12.6 Å². The molecule has 2 heterocycles. The van der Waals surface area contributed by atoms with Crippen LogP contribution in [0.15, 0.2) is 30.3 Å². The zero-order chi connectivity index (χ0) is 19.0. The second kappa shape index (κ2) is 7.24. The molecule has 2 amide bonds. The van der Waals surface area contributed by atoms with Gasteiger partial charge >= 0.3 is 0 Å². The number of rotatable bonds is 4. The fraction of sp³-hybridized carbons (Fsp3) is 0.619. The van der Waals surface area contributed by atoms with Gasteiger partial charge in [-0.3, -0.25) is 9.59 Å². The Hall–Kier alpha value is -1.92. The predicted octanol–water partition coefficient (Wildman–Crippen LogP) is 0.984. The van der Waals surface area contributed by atoms with E-state index in [0.29, 0.717) is 19.5 Å². The van der Waals surface area contributed by atoms with Crippen LogP contribution in [0.25, 0.3) is 0 Å². The van der Waals surface area contributed by atoms with Gasteiger partial charge in [0, 0.05) is 38.1 Å². The largest absolute Gasteiger partial charge is 0.396 e. The van der Waals surface area contributed by atoms with Gasteiger partial charge in [-0.2, -0.15) is 0 Å². The summed E-state index contributed by atoms with van der Waals surface area (Å²) in [6, 6.07) is 9.92. The molecule has 1 saturated carbocycles. The summed E-state index contributed by atoms with van der Waals surface area (Å²) in [7, 11) is 0. The summed E-state index contributed by atoms with van der Waals surface area (Å²) in [4.78, 5) is 28.4. The first kappa shape index (κ1) is 18.4. The molecule has 4 rings (SSSR count). The van der Waals surface area contributed by atoms with Gasteiger partial charge in [0.2, 0.25) is 11.8 Å². The number of benzene rings is 1. The van der Waals surface area contributed by atoms with E-state index in [4.69, 9.17) is 0 Å². The van der Waals surface area contributed by atoms with Gasteiger partial charge in [-0.05, 0) is 30.2 Å². The summed E-state index contributed by atoms with van der Waals surface area (Å²) >= 11 is 0. The normalized spacial score (nSPS) is 33.4. The zero-order valence-electron chi connectivity index (χ0n) is 15.6. The molecular formula is C21H28N2O4. The van der Waals surface area contributed by atoms with Crippen LogP contribution in [0.3, 0.4) is 0 Å².